The summed E-state index contributed by atoms with van der Waals surface area (Å²) in [6.07, 6.45) is 4.76. The maximum Gasteiger partial charge on any atom is 0.410 e. The Kier molecular flexibility index (Phi) is 8.16. The SMILES string of the molecule is COCCN(CCN(C)C(=O)OC(C)(C)C)c1ncc(-c2ccnc(Cl)c2)cn1. The van der Waals surface area contributed by atoms with Crippen molar-refractivity contribution in [3.8, 4) is 11.1 Å². The molecule has 0 bridgehead atoms. The summed E-state index contributed by atoms with van der Waals surface area (Å²) in [4.78, 5) is 28.6. The Bertz CT molecular complexity index is 795. The molecule has 2 aromatic rings. The number of anilines is 1. The van der Waals surface area contributed by atoms with Gasteiger partial charge in [-0.15, -0.1) is 0 Å². The van der Waals surface area contributed by atoms with Crippen LogP contribution in [0.1, 0.15) is 20.8 Å². The molecule has 0 aromatic carbocycles. The van der Waals surface area contributed by atoms with Gasteiger partial charge in [-0.25, -0.2) is 19.7 Å². The number of pyridine rings is 1. The number of rotatable bonds is 8. The molecule has 2 rings (SSSR count). The van der Waals surface area contributed by atoms with E-state index in [0.29, 0.717) is 37.3 Å². The van der Waals surface area contributed by atoms with Crippen LogP contribution in [0.4, 0.5) is 10.7 Å². The van der Waals surface area contributed by atoms with Crippen LogP contribution in [0.15, 0.2) is 30.7 Å². The van der Waals surface area contributed by atoms with Gasteiger partial charge in [0.1, 0.15) is 10.8 Å². The highest BCUT2D eigenvalue weighted by Gasteiger charge is 2.20. The van der Waals surface area contributed by atoms with Gasteiger partial charge in [0.25, 0.3) is 0 Å². The lowest BCUT2D eigenvalue weighted by Crippen LogP contribution is -2.40. The molecule has 0 saturated heterocycles. The molecule has 8 nitrogen and oxygen atoms in total. The quantitative estimate of drug-likeness (QED) is 0.603. The number of hydrogen-bond donors (Lipinski definition) is 0. The summed E-state index contributed by atoms with van der Waals surface area (Å²) in [6.45, 7) is 7.64. The van der Waals surface area contributed by atoms with Crippen molar-refractivity contribution in [2.24, 2.45) is 0 Å². The van der Waals surface area contributed by atoms with Gasteiger partial charge in [0.05, 0.1) is 6.61 Å². The minimum atomic E-state index is -0.532. The van der Waals surface area contributed by atoms with Crippen LogP contribution >= 0.6 is 11.6 Å². The third kappa shape index (κ3) is 7.47. The number of methoxy groups -OCH3 is 1. The minimum Gasteiger partial charge on any atom is -0.444 e. The summed E-state index contributed by atoms with van der Waals surface area (Å²) in [7, 11) is 3.35. The van der Waals surface area contributed by atoms with Gasteiger partial charge in [-0.1, -0.05) is 11.6 Å². The Labute approximate surface area is 176 Å². The maximum atomic E-state index is 12.2. The molecule has 2 aromatic heterocycles. The second kappa shape index (κ2) is 10.4. The summed E-state index contributed by atoms with van der Waals surface area (Å²) >= 11 is 5.95. The van der Waals surface area contributed by atoms with Crippen LogP contribution < -0.4 is 4.90 Å². The Morgan fingerprint density at radius 3 is 2.38 bits per heavy atom. The van der Waals surface area contributed by atoms with Gasteiger partial charge >= 0.3 is 6.09 Å². The van der Waals surface area contributed by atoms with E-state index in [1.807, 2.05) is 31.7 Å². The number of nitrogens with zero attached hydrogens (tertiary/aromatic N) is 5. The molecule has 0 atom stereocenters. The van der Waals surface area contributed by atoms with Crippen molar-refractivity contribution in [3.63, 3.8) is 0 Å². The van der Waals surface area contributed by atoms with E-state index in [2.05, 4.69) is 15.0 Å². The van der Waals surface area contributed by atoms with Crippen molar-refractivity contribution < 1.29 is 14.3 Å². The highest BCUT2D eigenvalue weighted by Crippen LogP contribution is 2.21. The molecular weight excluding hydrogens is 394 g/mol. The van der Waals surface area contributed by atoms with E-state index in [9.17, 15) is 4.79 Å². The van der Waals surface area contributed by atoms with Gasteiger partial charge in [-0.3, -0.25) is 0 Å². The van der Waals surface area contributed by atoms with Crippen molar-refractivity contribution >= 4 is 23.6 Å². The topological polar surface area (TPSA) is 80.7 Å². The number of carbonyl (C=O) groups is 1. The van der Waals surface area contributed by atoms with Gasteiger partial charge < -0.3 is 19.3 Å². The van der Waals surface area contributed by atoms with Crippen LogP contribution in [0.2, 0.25) is 5.15 Å². The molecule has 0 spiro atoms. The molecule has 1 amide bonds. The summed E-state index contributed by atoms with van der Waals surface area (Å²) in [5, 5.41) is 0.415. The molecule has 0 aliphatic rings. The normalized spacial score (nSPS) is 11.2. The summed E-state index contributed by atoms with van der Waals surface area (Å²) < 4.78 is 10.6. The van der Waals surface area contributed by atoms with Gasteiger partial charge in [0.15, 0.2) is 0 Å². The lowest BCUT2D eigenvalue weighted by Gasteiger charge is -2.27. The van der Waals surface area contributed by atoms with Gasteiger partial charge in [-0.05, 0) is 38.5 Å². The van der Waals surface area contributed by atoms with Crippen molar-refractivity contribution in [1.82, 2.24) is 19.9 Å². The molecule has 29 heavy (non-hydrogen) atoms. The first-order valence-corrected chi connectivity index (χ1v) is 9.69. The third-order valence-electron chi connectivity index (χ3n) is 3.96. The van der Waals surface area contributed by atoms with E-state index < -0.39 is 5.60 Å². The fourth-order valence-electron chi connectivity index (χ4n) is 2.43. The molecule has 0 aliphatic heterocycles. The van der Waals surface area contributed by atoms with Crippen LogP contribution in [0.3, 0.4) is 0 Å². The molecule has 158 valence electrons. The van der Waals surface area contributed by atoms with Gasteiger partial charge in [0.2, 0.25) is 5.95 Å². The van der Waals surface area contributed by atoms with Crippen LogP contribution in [-0.2, 0) is 9.47 Å². The number of halogens is 1. The van der Waals surface area contributed by atoms with E-state index in [-0.39, 0.29) is 6.09 Å². The monoisotopic (exact) mass is 421 g/mol. The molecule has 0 radical (unpaired) electrons. The smallest absolute Gasteiger partial charge is 0.410 e. The van der Waals surface area contributed by atoms with Crippen LogP contribution in [0.25, 0.3) is 11.1 Å². The standard InChI is InChI=1S/C20H28ClN5O3/c1-20(2,3)29-19(27)25(4)8-9-26(10-11-28-5)18-23-13-16(14-24-18)15-6-7-22-17(21)12-15/h6-7,12-14H,8-11H2,1-5H3. The molecule has 0 aliphatic carbocycles. The number of likely N-dealkylation sites (N-methyl/N-ethyl adjacent to an activating group) is 1. The Hall–Kier alpha value is -2.45. The molecule has 2 heterocycles. The highest BCUT2D eigenvalue weighted by atomic mass is 35.5. The van der Waals surface area contributed by atoms with E-state index in [1.54, 1.807) is 43.7 Å². The van der Waals surface area contributed by atoms with E-state index in [4.69, 9.17) is 21.1 Å². The first-order chi connectivity index (χ1) is 13.7. The van der Waals surface area contributed by atoms with E-state index in [0.717, 1.165) is 11.1 Å². The zero-order valence-corrected chi connectivity index (χ0v) is 18.3. The van der Waals surface area contributed by atoms with Crippen LogP contribution in [0.5, 0.6) is 0 Å². The lowest BCUT2D eigenvalue weighted by atomic mass is 10.1. The maximum absolute atomic E-state index is 12.2. The van der Waals surface area contributed by atoms with Gasteiger partial charge in [-0.2, -0.15) is 0 Å². The zero-order chi connectivity index (χ0) is 21.4. The van der Waals surface area contributed by atoms with Crippen molar-refractivity contribution in [2.45, 2.75) is 26.4 Å². The van der Waals surface area contributed by atoms with Crippen LogP contribution in [-0.4, -0.2) is 71.9 Å². The predicted molar refractivity (Wildman–Crippen MR) is 113 cm³/mol. The predicted octanol–water partition coefficient (Wildman–Crippen LogP) is 3.51. The first kappa shape index (κ1) is 22.8. The Balaban J connectivity index is 2.06. The summed E-state index contributed by atoms with van der Waals surface area (Å²) in [5.74, 6) is 0.559. The molecule has 0 fully saturated rings. The number of amides is 1. The Morgan fingerprint density at radius 1 is 1.10 bits per heavy atom. The molecule has 0 unspecified atom stereocenters. The van der Waals surface area contributed by atoms with Crippen molar-refractivity contribution in [2.75, 3.05) is 45.3 Å². The fourth-order valence-corrected chi connectivity index (χ4v) is 2.60. The molecular formula is C20H28ClN5O3. The summed E-state index contributed by atoms with van der Waals surface area (Å²) in [5.41, 5.74) is 1.20. The zero-order valence-electron chi connectivity index (χ0n) is 17.6. The van der Waals surface area contributed by atoms with Crippen molar-refractivity contribution in [1.29, 1.82) is 0 Å². The average Bonchev–Trinajstić information content (AvgIpc) is 2.67. The first-order valence-electron chi connectivity index (χ1n) is 9.31. The molecule has 0 N–H and O–H groups in total. The fraction of sp³-hybridized carbons (Fsp3) is 0.500. The van der Waals surface area contributed by atoms with Crippen molar-refractivity contribution in [3.05, 3.63) is 35.9 Å². The third-order valence-corrected chi connectivity index (χ3v) is 4.16. The molecule has 0 saturated carbocycles. The number of carbonyl (C=O) groups excluding carboxylic acids is 1. The minimum absolute atomic E-state index is 0.366. The lowest BCUT2D eigenvalue weighted by molar-refractivity contribution is 0.0303. The summed E-state index contributed by atoms with van der Waals surface area (Å²) in [6, 6.07) is 3.61. The largest absolute Gasteiger partial charge is 0.444 e. The number of aromatic nitrogens is 3. The Morgan fingerprint density at radius 2 is 1.79 bits per heavy atom. The number of hydrogen-bond acceptors (Lipinski definition) is 7. The number of ether oxygens (including phenoxy) is 2. The van der Waals surface area contributed by atoms with Gasteiger partial charge in [0, 0.05) is 57.9 Å². The van der Waals surface area contributed by atoms with E-state index in [1.165, 1.54) is 0 Å². The highest BCUT2D eigenvalue weighted by molar-refractivity contribution is 6.29. The van der Waals surface area contributed by atoms with Crippen LogP contribution in [0, 0.1) is 0 Å². The molecule has 9 heteroatoms. The second-order valence-electron chi connectivity index (χ2n) is 7.52. The second-order valence-corrected chi connectivity index (χ2v) is 7.91. The van der Waals surface area contributed by atoms with E-state index >= 15 is 0 Å². The average molecular weight is 422 g/mol.